The minimum atomic E-state index is -1.17. The maximum atomic E-state index is 13.3. The summed E-state index contributed by atoms with van der Waals surface area (Å²) in [4.78, 5) is 57.0. The number of nitrogens with one attached hydrogen (secondary N) is 5. The number of fused-ring (bicyclic) bond motifs is 2. The molecule has 2 heterocycles. The fourth-order valence-corrected chi connectivity index (χ4v) is 4.93. The zero-order chi connectivity index (χ0) is 30.1. The van der Waals surface area contributed by atoms with Gasteiger partial charge < -0.3 is 42.5 Å². The van der Waals surface area contributed by atoms with Gasteiger partial charge in [-0.05, 0) is 55.5 Å². The number of carbonyl (C=O) groups excluding carboxylic acids is 3. The van der Waals surface area contributed by atoms with E-state index in [-0.39, 0.29) is 19.3 Å². The predicted octanol–water partition coefficient (Wildman–Crippen LogP) is 1.06. The molecule has 0 aliphatic rings. The van der Waals surface area contributed by atoms with Crippen LogP contribution in [0.5, 0.6) is 0 Å². The van der Waals surface area contributed by atoms with E-state index in [1.54, 1.807) is 12.4 Å². The van der Waals surface area contributed by atoms with Gasteiger partial charge in [-0.1, -0.05) is 36.4 Å². The third-order valence-electron chi connectivity index (χ3n) is 7.19. The fraction of sp³-hybridized carbons (Fsp3) is 0.333. The lowest BCUT2D eigenvalue weighted by Crippen LogP contribution is -2.54. The van der Waals surface area contributed by atoms with Crippen LogP contribution in [0.3, 0.4) is 0 Å². The second-order valence-corrected chi connectivity index (χ2v) is 10.3. The average Bonchev–Trinajstić information content (AvgIpc) is 3.59. The number of nitrogens with two attached hydrogens (primary N) is 2. The van der Waals surface area contributed by atoms with Crippen LogP contribution in [-0.4, -0.2) is 70.0 Å². The zero-order valence-electron chi connectivity index (χ0n) is 23.2. The topological polar surface area (TPSA) is 208 Å². The molecule has 3 atom stereocenters. The Kier molecular flexibility index (Phi) is 10.3. The van der Waals surface area contributed by atoms with E-state index in [2.05, 4.69) is 25.9 Å². The van der Waals surface area contributed by atoms with Gasteiger partial charge in [-0.2, -0.15) is 0 Å². The number of benzene rings is 2. The van der Waals surface area contributed by atoms with Crippen LogP contribution in [0.1, 0.15) is 30.4 Å². The van der Waals surface area contributed by atoms with Crippen molar-refractivity contribution >= 4 is 45.5 Å². The highest BCUT2D eigenvalue weighted by Crippen LogP contribution is 2.20. The SMILES string of the molecule is NCCCCC(NC(=O)C(Cc1c[nH]c2ccccc12)NC(=O)CNC(=O)C(N)Cc1c[nH]c2ccccc12)C(=O)O. The first kappa shape index (κ1) is 30.3. The Morgan fingerprint density at radius 3 is 1.98 bits per heavy atom. The van der Waals surface area contributed by atoms with E-state index in [1.165, 1.54) is 0 Å². The number of para-hydroxylation sites is 2. The van der Waals surface area contributed by atoms with Gasteiger partial charge in [0.2, 0.25) is 17.7 Å². The standard InChI is InChI=1S/C30H37N7O5/c31-12-6-5-11-25(30(41)42)37-29(40)26(14-19-16-34-24-10-4-2-8-21(19)24)36-27(38)17-35-28(39)22(32)13-18-15-33-23-9-3-1-7-20(18)23/h1-4,7-10,15-16,22,25-26,33-34H,5-6,11-14,17,31-32H2,(H,35,39)(H,36,38)(H,37,40)(H,41,42). The molecule has 0 saturated heterocycles. The van der Waals surface area contributed by atoms with Crippen LogP contribution in [0.2, 0.25) is 0 Å². The Bertz CT molecular complexity index is 1550. The highest BCUT2D eigenvalue weighted by molar-refractivity contribution is 5.94. The van der Waals surface area contributed by atoms with Crippen LogP contribution in [0.4, 0.5) is 0 Å². The largest absolute Gasteiger partial charge is 0.480 e. The van der Waals surface area contributed by atoms with Crippen molar-refractivity contribution in [1.29, 1.82) is 0 Å². The van der Waals surface area contributed by atoms with Gasteiger partial charge in [-0.3, -0.25) is 14.4 Å². The Morgan fingerprint density at radius 2 is 1.38 bits per heavy atom. The number of hydrogen-bond acceptors (Lipinski definition) is 6. The molecule has 0 aliphatic heterocycles. The Balaban J connectivity index is 1.40. The number of carboxylic acids is 1. The van der Waals surface area contributed by atoms with Crippen molar-refractivity contribution in [1.82, 2.24) is 25.9 Å². The molecule has 2 aromatic carbocycles. The van der Waals surface area contributed by atoms with Crippen molar-refractivity contribution in [3.8, 4) is 0 Å². The molecule has 3 unspecified atom stereocenters. The molecule has 0 saturated carbocycles. The van der Waals surface area contributed by atoms with E-state index in [9.17, 15) is 24.3 Å². The van der Waals surface area contributed by atoms with Crippen molar-refractivity contribution in [2.45, 2.75) is 50.2 Å². The average molecular weight is 576 g/mol. The van der Waals surface area contributed by atoms with E-state index >= 15 is 0 Å². The highest BCUT2D eigenvalue weighted by atomic mass is 16.4. The number of unbranched alkanes of at least 4 members (excludes halogenated alkanes) is 1. The lowest BCUT2D eigenvalue weighted by Gasteiger charge is -2.22. The first-order chi connectivity index (χ1) is 20.3. The van der Waals surface area contributed by atoms with Crippen molar-refractivity contribution in [3.05, 3.63) is 72.1 Å². The number of carboxylic acid groups (broad SMARTS) is 1. The first-order valence-corrected chi connectivity index (χ1v) is 13.9. The second kappa shape index (κ2) is 14.3. The summed E-state index contributed by atoms with van der Waals surface area (Å²) in [7, 11) is 0. The summed E-state index contributed by atoms with van der Waals surface area (Å²) >= 11 is 0. The van der Waals surface area contributed by atoms with Gasteiger partial charge in [0, 0.05) is 40.6 Å². The monoisotopic (exact) mass is 575 g/mol. The third-order valence-corrected chi connectivity index (χ3v) is 7.19. The van der Waals surface area contributed by atoms with E-state index in [4.69, 9.17) is 11.5 Å². The minimum Gasteiger partial charge on any atom is -0.480 e. The number of aromatic nitrogens is 2. The highest BCUT2D eigenvalue weighted by Gasteiger charge is 2.28. The summed E-state index contributed by atoms with van der Waals surface area (Å²) in [6, 6.07) is 12.1. The Morgan fingerprint density at radius 1 is 0.786 bits per heavy atom. The maximum absolute atomic E-state index is 13.3. The summed E-state index contributed by atoms with van der Waals surface area (Å²) < 4.78 is 0. The van der Waals surface area contributed by atoms with E-state index in [0.29, 0.717) is 19.4 Å². The van der Waals surface area contributed by atoms with Crippen LogP contribution in [0, 0.1) is 0 Å². The van der Waals surface area contributed by atoms with Crippen LogP contribution in [0.25, 0.3) is 21.8 Å². The zero-order valence-corrected chi connectivity index (χ0v) is 23.2. The molecule has 0 aliphatic carbocycles. The second-order valence-electron chi connectivity index (χ2n) is 10.3. The van der Waals surface area contributed by atoms with E-state index in [0.717, 1.165) is 32.9 Å². The number of H-pyrrole nitrogens is 2. The summed E-state index contributed by atoms with van der Waals surface area (Å²) in [6.45, 7) is 0.00757. The smallest absolute Gasteiger partial charge is 0.326 e. The van der Waals surface area contributed by atoms with Gasteiger partial charge in [0.25, 0.3) is 0 Å². The molecule has 4 aromatic rings. The lowest BCUT2D eigenvalue weighted by atomic mass is 10.0. The molecule has 0 fully saturated rings. The van der Waals surface area contributed by atoms with Crippen LogP contribution < -0.4 is 27.4 Å². The Hall–Kier alpha value is -4.68. The normalized spacial score (nSPS) is 13.4. The number of hydrogen-bond donors (Lipinski definition) is 8. The van der Waals surface area contributed by atoms with Gasteiger partial charge in [-0.25, -0.2) is 4.79 Å². The molecule has 42 heavy (non-hydrogen) atoms. The Labute approximate surface area is 242 Å². The predicted molar refractivity (Wildman–Crippen MR) is 159 cm³/mol. The minimum absolute atomic E-state index is 0.102. The summed E-state index contributed by atoms with van der Waals surface area (Å²) in [5.74, 6) is -2.94. The van der Waals surface area contributed by atoms with Crippen molar-refractivity contribution in [3.63, 3.8) is 0 Å². The van der Waals surface area contributed by atoms with E-state index < -0.39 is 48.4 Å². The molecule has 0 bridgehead atoms. The summed E-state index contributed by atoms with van der Waals surface area (Å²) in [6.07, 6.45) is 5.28. The molecule has 10 N–H and O–H groups in total. The van der Waals surface area contributed by atoms with Gasteiger partial charge in [0.05, 0.1) is 12.6 Å². The van der Waals surface area contributed by atoms with Crippen LogP contribution in [-0.2, 0) is 32.0 Å². The van der Waals surface area contributed by atoms with Crippen molar-refractivity contribution < 1.29 is 24.3 Å². The molecule has 4 rings (SSSR count). The molecule has 3 amide bonds. The summed E-state index contributed by atoms with van der Waals surface area (Å²) in [5.41, 5.74) is 15.1. The molecule has 0 spiro atoms. The number of carbonyl (C=O) groups is 4. The molecular weight excluding hydrogens is 538 g/mol. The van der Waals surface area contributed by atoms with E-state index in [1.807, 2.05) is 48.5 Å². The molecular formula is C30H37N7O5. The number of aliphatic carboxylic acids is 1. The lowest BCUT2D eigenvalue weighted by molar-refractivity contribution is -0.142. The van der Waals surface area contributed by atoms with Crippen molar-refractivity contribution in [2.24, 2.45) is 11.5 Å². The van der Waals surface area contributed by atoms with Crippen molar-refractivity contribution in [2.75, 3.05) is 13.1 Å². The number of amides is 3. The van der Waals surface area contributed by atoms with Gasteiger partial charge in [-0.15, -0.1) is 0 Å². The van der Waals surface area contributed by atoms with Gasteiger partial charge >= 0.3 is 5.97 Å². The number of aromatic amines is 2. The molecule has 2 aromatic heterocycles. The van der Waals surface area contributed by atoms with Crippen LogP contribution >= 0.6 is 0 Å². The first-order valence-electron chi connectivity index (χ1n) is 13.9. The molecule has 12 heteroatoms. The summed E-state index contributed by atoms with van der Waals surface area (Å²) in [5, 5.41) is 19.2. The third kappa shape index (κ3) is 7.74. The molecule has 0 radical (unpaired) electrons. The molecule has 222 valence electrons. The van der Waals surface area contributed by atoms with Gasteiger partial charge in [0.1, 0.15) is 12.1 Å². The molecule has 12 nitrogen and oxygen atoms in total. The fourth-order valence-electron chi connectivity index (χ4n) is 4.93. The number of rotatable bonds is 15. The van der Waals surface area contributed by atoms with Crippen LogP contribution in [0.15, 0.2) is 60.9 Å². The quantitative estimate of drug-likeness (QED) is 0.0966. The maximum Gasteiger partial charge on any atom is 0.326 e. The van der Waals surface area contributed by atoms with Gasteiger partial charge in [0.15, 0.2) is 0 Å².